The zero-order valence-electron chi connectivity index (χ0n) is 9.42. The van der Waals surface area contributed by atoms with Crippen LogP contribution in [-0.4, -0.2) is 22.5 Å². The molecule has 3 heteroatoms. The van der Waals surface area contributed by atoms with E-state index in [9.17, 15) is 0 Å². The summed E-state index contributed by atoms with van der Waals surface area (Å²) in [4.78, 5) is 4.28. The summed E-state index contributed by atoms with van der Waals surface area (Å²) >= 11 is 2.00. The molecule has 2 rings (SSSR count). The summed E-state index contributed by atoms with van der Waals surface area (Å²) in [5.41, 5.74) is 2.36. The third-order valence-electron chi connectivity index (χ3n) is 2.99. The van der Waals surface area contributed by atoms with Crippen LogP contribution in [0.25, 0.3) is 0 Å². The molecule has 0 aliphatic heterocycles. The van der Waals surface area contributed by atoms with Crippen molar-refractivity contribution in [2.24, 2.45) is 0 Å². The Morgan fingerprint density at radius 1 is 1.47 bits per heavy atom. The van der Waals surface area contributed by atoms with Crippen LogP contribution in [0.4, 0.5) is 0 Å². The SMILES string of the molecule is CSC1(CNCc2ccc(C)nc2)CC1. The van der Waals surface area contributed by atoms with Crippen LogP contribution < -0.4 is 5.32 Å². The second-order valence-electron chi connectivity index (χ2n) is 4.30. The van der Waals surface area contributed by atoms with E-state index in [1.807, 2.05) is 24.9 Å². The summed E-state index contributed by atoms with van der Waals surface area (Å²) in [6.07, 6.45) is 6.91. The smallest absolute Gasteiger partial charge is 0.0372 e. The molecule has 0 saturated heterocycles. The molecule has 0 amide bonds. The molecule has 82 valence electrons. The van der Waals surface area contributed by atoms with E-state index in [0.29, 0.717) is 4.75 Å². The minimum Gasteiger partial charge on any atom is -0.311 e. The van der Waals surface area contributed by atoms with Crippen molar-refractivity contribution in [3.05, 3.63) is 29.6 Å². The van der Waals surface area contributed by atoms with Gasteiger partial charge in [-0.2, -0.15) is 11.8 Å². The Kier molecular flexibility index (Phi) is 3.32. The van der Waals surface area contributed by atoms with Gasteiger partial charge in [0.25, 0.3) is 0 Å². The Labute approximate surface area is 95.9 Å². The highest BCUT2D eigenvalue weighted by Gasteiger charge is 2.41. The molecule has 1 fully saturated rings. The second kappa shape index (κ2) is 4.54. The first-order chi connectivity index (χ1) is 7.24. The largest absolute Gasteiger partial charge is 0.311 e. The van der Waals surface area contributed by atoms with Gasteiger partial charge in [-0.1, -0.05) is 6.07 Å². The average molecular weight is 222 g/mol. The number of hydrogen-bond acceptors (Lipinski definition) is 3. The number of pyridine rings is 1. The van der Waals surface area contributed by atoms with Gasteiger partial charge in [-0.05, 0) is 37.7 Å². The summed E-state index contributed by atoms with van der Waals surface area (Å²) < 4.78 is 0.554. The maximum Gasteiger partial charge on any atom is 0.0372 e. The molecule has 1 aromatic heterocycles. The summed E-state index contributed by atoms with van der Waals surface area (Å²) in [6, 6.07) is 4.21. The van der Waals surface area contributed by atoms with Gasteiger partial charge in [0.05, 0.1) is 0 Å². The van der Waals surface area contributed by atoms with Gasteiger partial charge >= 0.3 is 0 Å². The predicted molar refractivity (Wildman–Crippen MR) is 66.2 cm³/mol. The van der Waals surface area contributed by atoms with Gasteiger partial charge in [-0.25, -0.2) is 0 Å². The summed E-state index contributed by atoms with van der Waals surface area (Å²) in [5, 5.41) is 3.51. The summed E-state index contributed by atoms with van der Waals surface area (Å²) in [7, 11) is 0. The molecule has 2 nitrogen and oxygen atoms in total. The highest BCUT2D eigenvalue weighted by atomic mass is 32.2. The molecule has 0 atom stereocenters. The second-order valence-corrected chi connectivity index (χ2v) is 5.57. The van der Waals surface area contributed by atoms with Gasteiger partial charge in [-0.3, -0.25) is 4.98 Å². The molecule has 0 aromatic carbocycles. The van der Waals surface area contributed by atoms with Gasteiger partial charge in [0, 0.05) is 29.7 Å². The quantitative estimate of drug-likeness (QED) is 0.828. The third-order valence-corrected chi connectivity index (χ3v) is 4.41. The van der Waals surface area contributed by atoms with Crippen LogP contribution in [0.5, 0.6) is 0 Å². The Morgan fingerprint density at radius 2 is 2.27 bits per heavy atom. The lowest BCUT2D eigenvalue weighted by molar-refractivity contribution is 0.661. The van der Waals surface area contributed by atoms with E-state index >= 15 is 0 Å². The van der Waals surface area contributed by atoms with Crippen molar-refractivity contribution in [1.29, 1.82) is 0 Å². The Morgan fingerprint density at radius 3 is 2.80 bits per heavy atom. The molecule has 1 aliphatic rings. The molecule has 1 aliphatic carbocycles. The van der Waals surface area contributed by atoms with Crippen molar-refractivity contribution in [2.45, 2.75) is 31.1 Å². The molecule has 1 saturated carbocycles. The van der Waals surface area contributed by atoms with Crippen LogP contribution in [0.3, 0.4) is 0 Å². The Hall–Kier alpha value is -0.540. The standard InChI is InChI=1S/C12H18N2S/c1-10-3-4-11(8-14-10)7-13-9-12(15-2)5-6-12/h3-4,8,13H,5-7,9H2,1-2H3. The maximum atomic E-state index is 4.28. The van der Waals surface area contributed by atoms with Gasteiger partial charge < -0.3 is 5.32 Å². The van der Waals surface area contributed by atoms with E-state index in [0.717, 1.165) is 18.8 Å². The Bertz CT molecular complexity index is 317. The first-order valence-electron chi connectivity index (χ1n) is 5.41. The molecule has 1 N–H and O–H groups in total. The zero-order valence-corrected chi connectivity index (χ0v) is 10.2. The van der Waals surface area contributed by atoms with E-state index in [2.05, 4.69) is 28.7 Å². The number of aryl methyl sites for hydroxylation is 1. The number of nitrogens with one attached hydrogen (secondary N) is 1. The maximum absolute atomic E-state index is 4.28. The zero-order chi connectivity index (χ0) is 10.7. The highest BCUT2D eigenvalue weighted by molar-refractivity contribution is 8.00. The minimum atomic E-state index is 0.554. The van der Waals surface area contributed by atoms with Crippen molar-refractivity contribution in [3.8, 4) is 0 Å². The molecular weight excluding hydrogens is 204 g/mol. The van der Waals surface area contributed by atoms with Crippen LogP contribution in [-0.2, 0) is 6.54 Å². The third kappa shape index (κ3) is 2.95. The first-order valence-corrected chi connectivity index (χ1v) is 6.64. The predicted octanol–water partition coefficient (Wildman–Crippen LogP) is 2.38. The summed E-state index contributed by atoms with van der Waals surface area (Å²) in [6.45, 7) is 4.09. The molecule has 0 bridgehead atoms. The number of rotatable bonds is 5. The molecule has 1 aromatic rings. The highest BCUT2D eigenvalue weighted by Crippen LogP contribution is 2.46. The minimum absolute atomic E-state index is 0.554. The molecule has 0 unspecified atom stereocenters. The van der Waals surface area contributed by atoms with Crippen LogP contribution in [0.2, 0.25) is 0 Å². The van der Waals surface area contributed by atoms with Gasteiger partial charge in [-0.15, -0.1) is 0 Å². The number of hydrogen-bond donors (Lipinski definition) is 1. The Balaban J connectivity index is 1.76. The van der Waals surface area contributed by atoms with Gasteiger partial charge in [0.1, 0.15) is 0 Å². The number of thioether (sulfide) groups is 1. The van der Waals surface area contributed by atoms with Crippen LogP contribution in [0, 0.1) is 6.92 Å². The van der Waals surface area contributed by atoms with Crippen molar-refractivity contribution >= 4 is 11.8 Å². The number of nitrogens with zero attached hydrogens (tertiary/aromatic N) is 1. The van der Waals surface area contributed by atoms with Crippen LogP contribution >= 0.6 is 11.8 Å². The average Bonchev–Trinajstić information content (AvgIpc) is 3.02. The van der Waals surface area contributed by atoms with Crippen LogP contribution in [0.15, 0.2) is 18.3 Å². The monoisotopic (exact) mass is 222 g/mol. The first kappa shape index (κ1) is 11.0. The lowest BCUT2D eigenvalue weighted by Crippen LogP contribution is -2.25. The fourth-order valence-electron chi connectivity index (χ4n) is 1.63. The summed E-state index contributed by atoms with van der Waals surface area (Å²) in [5.74, 6) is 0. The lowest BCUT2D eigenvalue weighted by Gasteiger charge is -2.12. The molecule has 1 heterocycles. The normalized spacial score (nSPS) is 17.7. The lowest BCUT2D eigenvalue weighted by atomic mass is 10.2. The fourth-order valence-corrected chi connectivity index (χ4v) is 2.39. The molecule has 0 spiro atoms. The number of aromatic nitrogens is 1. The molecule has 0 radical (unpaired) electrons. The van der Waals surface area contributed by atoms with Crippen LogP contribution in [0.1, 0.15) is 24.1 Å². The van der Waals surface area contributed by atoms with Crippen molar-refractivity contribution < 1.29 is 0 Å². The van der Waals surface area contributed by atoms with Crippen molar-refractivity contribution in [1.82, 2.24) is 10.3 Å². The topological polar surface area (TPSA) is 24.9 Å². The van der Waals surface area contributed by atoms with E-state index in [1.54, 1.807) is 0 Å². The van der Waals surface area contributed by atoms with Gasteiger partial charge in [0.15, 0.2) is 0 Å². The van der Waals surface area contributed by atoms with E-state index in [4.69, 9.17) is 0 Å². The molecule has 15 heavy (non-hydrogen) atoms. The fraction of sp³-hybridized carbons (Fsp3) is 0.583. The van der Waals surface area contributed by atoms with Crippen molar-refractivity contribution in [3.63, 3.8) is 0 Å². The van der Waals surface area contributed by atoms with E-state index in [-0.39, 0.29) is 0 Å². The van der Waals surface area contributed by atoms with E-state index in [1.165, 1.54) is 18.4 Å². The van der Waals surface area contributed by atoms with Gasteiger partial charge in [0.2, 0.25) is 0 Å². The van der Waals surface area contributed by atoms with E-state index < -0.39 is 0 Å². The van der Waals surface area contributed by atoms with Crippen molar-refractivity contribution in [2.75, 3.05) is 12.8 Å². The molecular formula is C12H18N2S.